The van der Waals surface area contributed by atoms with Crippen LogP contribution in [0.1, 0.15) is 45.4 Å². The van der Waals surface area contributed by atoms with Crippen LogP contribution in [0.4, 0.5) is 11.4 Å². The molecule has 0 N–H and O–H groups in total. The fourth-order valence-electron chi connectivity index (χ4n) is 1.90. The molecule has 25 heavy (non-hydrogen) atoms. The molecule has 0 saturated carbocycles. The van der Waals surface area contributed by atoms with E-state index < -0.39 is 10.4 Å². The molecule has 1 rings (SSSR count). The van der Waals surface area contributed by atoms with Crippen LogP contribution >= 0.6 is 11.6 Å². The van der Waals surface area contributed by atoms with Gasteiger partial charge in [0.25, 0.3) is 0 Å². The van der Waals surface area contributed by atoms with E-state index in [2.05, 4.69) is 16.1 Å². The quantitative estimate of drug-likeness (QED) is 0.261. The number of benzene rings is 1. The van der Waals surface area contributed by atoms with Crippen LogP contribution in [-0.4, -0.2) is 33.7 Å². The van der Waals surface area contributed by atoms with E-state index in [-0.39, 0.29) is 6.61 Å². The molecule has 0 fully saturated rings. The van der Waals surface area contributed by atoms with Gasteiger partial charge in [-0.05, 0) is 18.6 Å². The number of diazo groups is 1. The SMILES string of the molecule is CCCCCCCCOS(=O)(=O)[O-].CN(C)c1ccc([N+]#N)c(Cl)c1. The Balaban J connectivity index is 0.000000462. The average molecular weight is 392 g/mol. The highest BCUT2D eigenvalue weighted by atomic mass is 35.5. The molecule has 1 aromatic carbocycles. The zero-order valence-electron chi connectivity index (χ0n) is 14.9. The number of anilines is 1. The predicted octanol–water partition coefficient (Wildman–Crippen LogP) is 4.71. The number of nitrogens with zero attached hydrogens (tertiary/aromatic N) is 3. The Hall–Kier alpha value is -1.40. The zero-order chi connectivity index (χ0) is 19.3. The van der Waals surface area contributed by atoms with Gasteiger partial charge in [0.2, 0.25) is 15.8 Å². The van der Waals surface area contributed by atoms with Crippen molar-refractivity contribution in [3.05, 3.63) is 28.2 Å². The standard InChI is InChI=1S/C8H9ClN3.C8H18O4S/c1-12(2)6-3-4-8(11-10)7(9)5-6;1-2-3-4-5-6-7-8-12-13(9,10)11/h3-5H,1-2H3;2-8H2,1H3,(H,9,10,11)/q+1;/p-1. The van der Waals surface area contributed by atoms with Crippen LogP contribution in [0.25, 0.3) is 4.98 Å². The first-order chi connectivity index (χ1) is 11.7. The zero-order valence-corrected chi connectivity index (χ0v) is 16.5. The van der Waals surface area contributed by atoms with Crippen molar-refractivity contribution in [3.63, 3.8) is 0 Å². The van der Waals surface area contributed by atoms with E-state index in [0.29, 0.717) is 17.1 Å². The van der Waals surface area contributed by atoms with Crippen molar-refractivity contribution in [2.24, 2.45) is 0 Å². The van der Waals surface area contributed by atoms with Gasteiger partial charge >= 0.3 is 5.69 Å². The molecule has 0 aliphatic heterocycles. The molecule has 0 saturated heterocycles. The molecule has 0 aliphatic rings. The maximum Gasteiger partial charge on any atom is 0.403 e. The van der Waals surface area contributed by atoms with E-state index >= 15 is 0 Å². The minimum absolute atomic E-state index is 0.0258. The van der Waals surface area contributed by atoms with Gasteiger partial charge in [0.05, 0.1) is 6.61 Å². The molecule has 0 heterocycles. The van der Waals surface area contributed by atoms with Gasteiger partial charge in [-0.25, -0.2) is 8.42 Å². The molecule has 0 amide bonds. The van der Waals surface area contributed by atoms with Crippen LogP contribution in [0.2, 0.25) is 5.02 Å². The first-order valence-electron chi connectivity index (χ1n) is 8.13. The number of rotatable bonds is 9. The van der Waals surface area contributed by atoms with Gasteiger partial charge in [0.15, 0.2) is 4.98 Å². The first kappa shape index (κ1) is 23.6. The molecule has 1 aromatic rings. The summed E-state index contributed by atoms with van der Waals surface area (Å²) in [5, 5.41) is 8.92. The van der Waals surface area contributed by atoms with E-state index in [1.165, 1.54) is 19.3 Å². The van der Waals surface area contributed by atoms with E-state index in [4.69, 9.17) is 17.0 Å². The summed E-state index contributed by atoms with van der Waals surface area (Å²) in [6.07, 6.45) is 6.21. The number of unbranched alkanes of at least 4 members (excludes halogenated alkanes) is 5. The Morgan fingerprint density at radius 3 is 2.28 bits per heavy atom. The van der Waals surface area contributed by atoms with Gasteiger partial charge in [-0.3, -0.25) is 4.18 Å². The third-order valence-electron chi connectivity index (χ3n) is 3.28. The Morgan fingerprint density at radius 2 is 1.80 bits per heavy atom. The lowest BCUT2D eigenvalue weighted by atomic mass is 10.1. The lowest BCUT2D eigenvalue weighted by Crippen LogP contribution is -2.07. The number of hydrogen-bond donors (Lipinski definition) is 0. The van der Waals surface area contributed by atoms with Crippen LogP contribution in [-0.2, 0) is 14.6 Å². The highest BCUT2D eigenvalue weighted by Gasteiger charge is 2.11. The first-order valence-corrected chi connectivity index (χ1v) is 9.84. The topological polar surface area (TPSA) is 97.8 Å². The minimum Gasteiger partial charge on any atom is -0.726 e. The maximum absolute atomic E-state index is 9.99. The Morgan fingerprint density at radius 1 is 1.20 bits per heavy atom. The van der Waals surface area contributed by atoms with Crippen LogP contribution in [0.3, 0.4) is 0 Å². The third kappa shape index (κ3) is 12.6. The molecule has 0 aromatic heterocycles. The Labute approximate surface area is 155 Å². The normalized spacial score (nSPS) is 10.6. The summed E-state index contributed by atoms with van der Waals surface area (Å²) >= 11 is 5.79. The van der Waals surface area contributed by atoms with Gasteiger partial charge in [0, 0.05) is 25.8 Å². The fourth-order valence-corrected chi connectivity index (χ4v) is 2.43. The summed E-state index contributed by atoms with van der Waals surface area (Å²) in [5.41, 5.74) is 1.37. The summed E-state index contributed by atoms with van der Waals surface area (Å²) in [6.45, 7) is 2.16. The lowest BCUT2D eigenvalue weighted by molar-refractivity contribution is 0.255. The van der Waals surface area contributed by atoms with Gasteiger partial charge < -0.3 is 9.45 Å². The minimum atomic E-state index is -4.47. The van der Waals surface area contributed by atoms with E-state index in [9.17, 15) is 13.0 Å². The second-order valence-electron chi connectivity index (χ2n) is 5.63. The molecule has 0 unspecified atom stereocenters. The largest absolute Gasteiger partial charge is 0.726 e. The average Bonchev–Trinajstić information content (AvgIpc) is 2.53. The van der Waals surface area contributed by atoms with Crippen molar-refractivity contribution < 1.29 is 17.2 Å². The molecule has 0 atom stereocenters. The molecule has 9 heteroatoms. The summed E-state index contributed by atoms with van der Waals surface area (Å²) in [4.78, 5) is 4.94. The van der Waals surface area contributed by atoms with Crippen molar-refractivity contribution in [2.75, 3.05) is 25.6 Å². The monoisotopic (exact) mass is 391 g/mol. The highest BCUT2D eigenvalue weighted by molar-refractivity contribution is 7.80. The lowest BCUT2D eigenvalue weighted by Gasteiger charge is -2.10. The fraction of sp³-hybridized carbons (Fsp3) is 0.625. The highest BCUT2D eigenvalue weighted by Crippen LogP contribution is 2.28. The summed E-state index contributed by atoms with van der Waals surface area (Å²) < 4.78 is 34.0. The van der Waals surface area contributed by atoms with Crippen LogP contribution < -0.4 is 4.90 Å². The van der Waals surface area contributed by atoms with Gasteiger partial charge in [-0.1, -0.05) is 50.6 Å². The predicted molar refractivity (Wildman–Crippen MR) is 99.5 cm³/mol. The number of hydrogen-bond acceptors (Lipinski definition) is 6. The second kappa shape index (κ2) is 12.9. The van der Waals surface area contributed by atoms with Crippen LogP contribution in [0, 0.1) is 5.39 Å². The van der Waals surface area contributed by atoms with E-state index in [1.54, 1.807) is 12.1 Å². The molecule has 0 aliphatic carbocycles. The Bertz CT molecular complexity index is 645. The van der Waals surface area contributed by atoms with Gasteiger partial charge in [-0.15, -0.1) is 0 Å². The van der Waals surface area contributed by atoms with Crippen molar-refractivity contribution >= 4 is 33.4 Å². The third-order valence-corrected chi connectivity index (χ3v) is 4.04. The smallest absolute Gasteiger partial charge is 0.403 e. The van der Waals surface area contributed by atoms with Crippen molar-refractivity contribution in [3.8, 4) is 0 Å². The second-order valence-corrected chi connectivity index (χ2v) is 7.09. The Kier molecular flexibility index (Phi) is 12.2. The molecular formula is C16H26ClN3O4S. The molecule has 142 valence electrons. The van der Waals surface area contributed by atoms with Crippen LogP contribution in [0.15, 0.2) is 18.2 Å². The number of halogens is 1. The van der Waals surface area contributed by atoms with Crippen molar-refractivity contribution in [1.82, 2.24) is 0 Å². The van der Waals surface area contributed by atoms with Crippen molar-refractivity contribution in [1.29, 1.82) is 5.39 Å². The summed E-state index contributed by atoms with van der Waals surface area (Å²) in [6, 6.07) is 5.25. The van der Waals surface area contributed by atoms with Crippen LogP contribution in [0.5, 0.6) is 0 Å². The van der Waals surface area contributed by atoms with Gasteiger partial charge in [0.1, 0.15) is 5.02 Å². The van der Waals surface area contributed by atoms with Gasteiger partial charge in [-0.2, -0.15) is 0 Å². The molecule has 0 bridgehead atoms. The van der Waals surface area contributed by atoms with E-state index in [1.807, 2.05) is 25.1 Å². The molecule has 0 radical (unpaired) electrons. The van der Waals surface area contributed by atoms with Crippen molar-refractivity contribution in [2.45, 2.75) is 45.4 Å². The molecule has 0 spiro atoms. The molecule has 7 nitrogen and oxygen atoms in total. The summed E-state index contributed by atoms with van der Waals surface area (Å²) in [5.74, 6) is 0. The van der Waals surface area contributed by atoms with E-state index in [0.717, 1.165) is 18.5 Å². The maximum atomic E-state index is 9.99. The molecular weight excluding hydrogens is 366 g/mol. The summed E-state index contributed by atoms with van der Waals surface area (Å²) in [7, 11) is -0.635.